The minimum Gasteiger partial charge on any atom is -0.465 e. The van der Waals surface area contributed by atoms with E-state index in [2.05, 4.69) is 0 Å². The molecule has 0 radical (unpaired) electrons. The van der Waals surface area contributed by atoms with Crippen molar-refractivity contribution in [1.82, 2.24) is 4.90 Å². The van der Waals surface area contributed by atoms with Crippen LogP contribution in [0.25, 0.3) is 0 Å². The van der Waals surface area contributed by atoms with Gasteiger partial charge in [-0.15, -0.1) is 0 Å². The van der Waals surface area contributed by atoms with Crippen LogP contribution in [0, 0.1) is 11.7 Å². The first kappa shape index (κ1) is 15.0. The van der Waals surface area contributed by atoms with E-state index >= 15 is 0 Å². The maximum atomic E-state index is 13.5. The van der Waals surface area contributed by atoms with E-state index < -0.39 is 23.9 Å². The molecule has 1 aliphatic heterocycles. The molecule has 5 nitrogen and oxygen atoms in total. The van der Waals surface area contributed by atoms with E-state index in [1.54, 1.807) is 6.07 Å². The molecule has 0 saturated carbocycles. The number of hydrogen-bond acceptors (Lipinski definition) is 3. The van der Waals surface area contributed by atoms with E-state index in [1.165, 1.54) is 17.0 Å². The first-order chi connectivity index (χ1) is 9.52. The molecule has 0 spiro atoms. The Morgan fingerprint density at radius 1 is 1.55 bits per heavy atom. The van der Waals surface area contributed by atoms with Gasteiger partial charge in [0.15, 0.2) is 0 Å². The van der Waals surface area contributed by atoms with Crippen LogP contribution < -0.4 is 0 Å². The Morgan fingerprint density at radius 2 is 2.30 bits per heavy atom. The second-order valence-electron chi connectivity index (χ2n) is 4.64. The standard InChI is InChI=1S/C13H15ClFNO4/c14-10-2-1-8(5-11(10)15)12-9(7-17)6-16(13(18)19)3-4-20-12/h1-2,5,9,12,17H,3-4,6-7H2,(H,18,19)/t9-,12+/m0/s1. The van der Waals surface area contributed by atoms with Gasteiger partial charge in [0.25, 0.3) is 0 Å². The van der Waals surface area contributed by atoms with E-state index in [1.807, 2.05) is 0 Å². The predicted octanol–water partition coefficient (Wildman–Crippen LogP) is 2.14. The predicted molar refractivity (Wildman–Crippen MR) is 70.3 cm³/mol. The molecule has 2 N–H and O–H groups in total. The van der Waals surface area contributed by atoms with Gasteiger partial charge in [-0.05, 0) is 17.7 Å². The minimum atomic E-state index is -1.06. The molecule has 2 atom stereocenters. The topological polar surface area (TPSA) is 70.0 Å². The summed E-state index contributed by atoms with van der Waals surface area (Å²) >= 11 is 5.64. The van der Waals surface area contributed by atoms with Gasteiger partial charge in [-0.1, -0.05) is 17.7 Å². The molecule has 1 heterocycles. The largest absolute Gasteiger partial charge is 0.465 e. The first-order valence-electron chi connectivity index (χ1n) is 6.18. The van der Waals surface area contributed by atoms with Gasteiger partial charge in [0.1, 0.15) is 5.82 Å². The van der Waals surface area contributed by atoms with Crippen LogP contribution in [0.3, 0.4) is 0 Å². The lowest BCUT2D eigenvalue weighted by atomic mass is 9.96. The van der Waals surface area contributed by atoms with Crippen molar-refractivity contribution in [2.24, 2.45) is 5.92 Å². The molecule has 0 aromatic heterocycles. The van der Waals surface area contributed by atoms with Crippen LogP contribution in [0.15, 0.2) is 18.2 Å². The van der Waals surface area contributed by atoms with E-state index in [0.29, 0.717) is 5.56 Å². The highest BCUT2D eigenvalue weighted by atomic mass is 35.5. The van der Waals surface area contributed by atoms with Crippen LogP contribution in [0.5, 0.6) is 0 Å². The lowest BCUT2D eigenvalue weighted by molar-refractivity contribution is 0.0112. The molecule has 1 aliphatic rings. The molecule has 0 aliphatic carbocycles. The van der Waals surface area contributed by atoms with Crippen molar-refractivity contribution in [3.05, 3.63) is 34.6 Å². The second kappa shape index (κ2) is 6.39. The lowest BCUT2D eigenvalue weighted by Crippen LogP contribution is -2.36. The number of hydrogen-bond donors (Lipinski definition) is 2. The van der Waals surface area contributed by atoms with Crippen LogP contribution >= 0.6 is 11.6 Å². The van der Waals surface area contributed by atoms with Crippen molar-refractivity contribution in [3.63, 3.8) is 0 Å². The van der Waals surface area contributed by atoms with Crippen LogP contribution in [-0.4, -0.2) is 47.5 Å². The Kier molecular flexibility index (Phi) is 4.80. The lowest BCUT2D eigenvalue weighted by Gasteiger charge is -2.25. The zero-order chi connectivity index (χ0) is 14.7. The first-order valence-corrected chi connectivity index (χ1v) is 6.56. The monoisotopic (exact) mass is 303 g/mol. The molecular weight excluding hydrogens is 289 g/mol. The number of carbonyl (C=O) groups is 1. The number of halogens is 2. The second-order valence-corrected chi connectivity index (χ2v) is 5.04. The Hall–Kier alpha value is -1.37. The number of ether oxygens (including phenoxy) is 1. The van der Waals surface area contributed by atoms with E-state index in [9.17, 15) is 14.3 Å². The number of nitrogens with zero attached hydrogens (tertiary/aromatic N) is 1. The van der Waals surface area contributed by atoms with Crippen LogP contribution in [0.4, 0.5) is 9.18 Å². The maximum Gasteiger partial charge on any atom is 0.407 e. The van der Waals surface area contributed by atoms with E-state index in [-0.39, 0.29) is 31.3 Å². The number of rotatable bonds is 2. The molecule has 0 unspecified atom stereocenters. The molecule has 2 rings (SSSR count). The maximum absolute atomic E-state index is 13.5. The average Bonchev–Trinajstić information content (AvgIpc) is 2.64. The molecule has 1 amide bonds. The minimum absolute atomic E-state index is 0.00934. The summed E-state index contributed by atoms with van der Waals surface area (Å²) in [6, 6.07) is 4.30. The fraction of sp³-hybridized carbons (Fsp3) is 0.462. The average molecular weight is 304 g/mol. The smallest absolute Gasteiger partial charge is 0.407 e. The number of aliphatic hydroxyl groups excluding tert-OH is 1. The van der Waals surface area contributed by atoms with Crippen LogP contribution in [-0.2, 0) is 4.74 Å². The third-order valence-electron chi connectivity index (χ3n) is 3.32. The van der Waals surface area contributed by atoms with Gasteiger partial charge in [0.05, 0.1) is 24.3 Å². The molecule has 1 aromatic carbocycles. The normalized spacial score (nSPS) is 23.4. The van der Waals surface area contributed by atoms with Crippen LogP contribution in [0.1, 0.15) is 11.7 Å². The van der Waals surface area contributed by atoms with Crippen molar-refractivity contribution in [2.75, 3.05) is 26.3 Å². The van der Waals surface area contributed by atoms with E-state index in [4.69, 9.17) is 21.4 Å². The number of carboxylic acid groups (broad SMARTS) is 1. The van der Waals surface area contributed by atoms with Gasteiger partial charge in [-0.3, -0.25) is 0 Å². The van der Waals surface area contributed by atoms with Crippen LogP contribution in [0.2, 0.25) is 5.02 Å². The highest BCUT2D eigenvalue weighted by molar-refractivity contribution is 6.30. The van der Waals surface area contributed by atoms with Gasteiger partial charge in [-0.25, -0.2) is 9.18 Å². The number of benzene rings is 1. The molecular formula is C13H15ClFNO4. The number of amides is 1. The Labute approximate surface area is 120 Å². The summed E-state index contributed by atoms with van der Waals surface area (Å²) in [5.41, 5.74) is 0.540. The Balaban J connectivity index is 2.24. The summed E-state index contributed by atoms with van der Waals surface area (Å²) in [5.74, 6) is -1.02. The third-order valence-corrected chi connectivity index (χ3v) is 3.63. The molecule has 20 heavy (non-hydrogen) atoms. The molecule has 0 bridgehead atoms. The quantitative estimate of drug-likeness (QED) is 0.878. The summed E-state index contributed by atoms with van der Waals surface area (Å²) in [6.07, 6.45) is -1.62. The highest BCUT2D eigenvalue weighted by Gasteiger charge is 2.31. The summed E-state index contributed by atoms with van der Waals surface area (Å²) < 4.78 is 19.1. The fourth-order valence-electron chi connectivity index (χ4n) is 2.28. The van der Waals surface area contributed by atoms with Gasteiger partial charge in [-0.2, -0.15) is 0 Å². The molecule has 7 heteroatoms. The molecule has 1 fully saturated rings. The van der Waals surface area contributed by atoms with Gasteiger partial charge < -0.3 is 19.8 Å². The SMILES string of the molecule is O=C(O)N1CCO[C@H](c2ccc(Cl)c(F)c2)[C@H](CO)C1. The highest BCUT2D eigenvalue weighted by Crippen LogP contribution is 2.31. The Bertz CT molecular complexity index is 499. The van der Waals surface area contributed by atoms with Crippen molar-refractivity contribution < 1.29 is 24.1 Å². The van der Waals surface area contributed by atoms with Gasteiger partial charge in [0, 0.05) is 19.0 Å². The Morgan fingerprint density at radius 3 is 2.90 bits per heavy atom. The molecule has 1 saturated heterocycles. The third kappa shape index (κ3) is 3.20. The summed E-state index contributed by atoms with van der Waals surface area (Å²) in [6.45, 7) is 0.301. The number of aliphatic hydroxyl groups is 1. The van der Waals surface area contributed by atoms with Gasteiger partial charge >= 0.3 is 6.09 Å². The van der Waals surface area contributed by atoms with Crippen molar-refractivity contribution >= 4 is 17.7 Å². The van der Waals surface area contributed by atoms with E-state index in [0.717, 1.165) is 0 Å². The summed E-state index contributed by atoms with van der Waals surface area (Å²) in [7, 11) is 0. The van der Waals surface area contributed by atoms with Crippen molar-refractivity contribution in [2.45, 2.75) is 6.10 Å². The zero-order valence-corrected chi connectivity index (χ0v) is 11.4. The van der Waals surface area contributed by atoms with Crippen molar-refractivity contribution in [3.8, 4) is 0 Å². The van der Waals surface area contributed by atoms with Crippen molar-refractivity contribution in [1.29, 1.82) is 0 Å². The molecule has 1 aromatic rings. The summed E-state index contributed by atoms with van der Waals surface area (Å²) in [4.78, 5) is 12.2. The summed E-state index contributed by atoms with van der Waals surface area (Å²) in [5, 5.41) is 18.5. The van der Waals surface area contributed by atoms with Gasteiger partial charge in [0.2, 0.25) is 0 Å². The fourth-order valence-corrected chi connectivity index (χ4v) is 2.40. The zero-order valence-electron chi connectivity index (χ0n) is 10.6. The molecule has 110 valence electrons.